The summed E-state index contributed by atoms with van der Waals surface area (Å²) in [5.41, 5.74) is 11.0. The van der Waals surface area contributed by atoms with Crippen molar-refractivity contribution in [3.63, 3.8) is 0 Å². The summed E-state index contributed by atoms with van der Waals surface area (Å²) in [6.07, 6.45) is 0.970. The Kier molecular flexibility index (Phi) is 6.01. The first-order valence-corrected chi connectivity index (χ1v) is 11.1. The summed E-state index contributed by atoms with van der Waals surface area (Å²) in [6, 6.07) is 16.5. The second-order valence-electron chi connectivity index (χ2n) is 8.84. The molecule has 32 heavy (non-hydrogen) atoms. The largest absolute Gasteiger partial charge is 0.338 e. The summed E-state index contributed by atoms with van der Waals surface area (Å²) in [5.74, 6) is 1.37. The lowest BCUT2D eigenvalue weighted by Crippen LogP contribution is -2.48. The molecule has 2 aromatic carbocycles. The predicted octanol–water partition coefficient (Wildman–Crippen LogP) is 4.45. The van der Waals surface area contributed by atoms with Gasteiger partial charge < -0.3 is 19.8 Å². The molecule has 1 amide bonds. The van der Waals surface area contributed by atoms with Crippen LogP contribution in [0.25, 0.3) is 33.5 Å². The number of hydrogen-bond acceptors (Lipinski definition) is 3. The number of hydrogen-bond donors (Lipinski definition) is 1. The molecule has 1 fully saturated rings. The SMILES string of the molecule is CCn1c(-c2nc3cc(C(=O)N4C[C@H](C)C[C@H](N)C4)ccc3n2C)cc2ccccc21.Cl. The molecule has 0 saturated carbocycles. The van der Waals surface area contributed by atoms with Gasteiger partial charge in [-0.15, -0.1) is 12.4 Å². The summed E-state index contributed by atoms with van der Waals surface area (Å²) in [4.78, 5) is 20.0. The van der Waals surface area contributed by atoms with Gasteiger partial charge in [-0.1, -0.05) is 25.1 Å². The normalized spacial score (nSPS) is 18.8. The average Bonchev–Trinajstić information content (AvgIpc) is 3.29. The highest BCUT2D eigenvalue weighted by Gasteiger charge is 2.27. The van der Waals surface area contributed by atoms with Gasteiger partial charge in [0.15, 0.2) is 5.82 Å². The number of carbonyl (C=O) groups excluding carboxylic acids is 1. The molecule has 1 aliphatic heterocycles. The first kappa shape index (κ1) is 22.4. The lowest BCUT2D eigenvalue weighted by atomic mass is 9.96. The van der Waals surface area contributed by atoms with E-state index in [2.05, 4.69) is 53.3 Å². The molecule has 0 spiro atoms. The van der Waals surface area contributed by atoms with E-state index in [1.54, 1.807) is 0 Å². The van der Waals surface area contributed by atoms with Crippen LogP contribution in [0.4, 0.5) is 0 Å². The number of likely N-dealkylation sites (tertiary alicyclic amines) is 1. The molecule has 5 rings (SSSR count). The number of imidazole rings is 1. The van der Waals surface area contributed by atoms with Crippen LogP contribution in [0.15, 0.2) is 48.5 Å². The third-order valence-corrected chi connectivity index (χ3v) is 6.46. The van der Waals surface area contributed by atoms with E-state index in [9.17, 15) is 4.79 Å². The van der Waals surface area contributed by atoms with Gasteiger partial charge in [0.2, 0.25) is 0 Å². The van der Waals surface area contributed by atoms with E-state index in [-0.39, 0.29) is 24.4 Å². The van der Waals surface area contributed by atoms with Gasteiger partial charge in [-0.25, -0.2) is 4.98 Å². The summed E-state index contributed by atoms with van der Waals surface area (Å²) in [7, 11) is 2.04. The third-order valence-electron chi connectivity index (χ3n) is 6.46. The van der Waals surface area contributed by atoms with Crippen molar-refractivity contribution in [3.05, 3.63) is 54.1 Å². The molecule has 1 saturated heterocycles. The monoisotopic (exact) mass is 451 g/mol. The fourth-order valence-corrected chi connectivity index (χ4v) is 5.05. The van der Waals surface area contributed by atoms with Crippen molar-refractivity contribution < 1.29 is 4.79 Å². The molecular weight excluding hydrogens is 422 g/mol. The zero-order valence-corrected chi connectivity index (χ0v) is 19.6. The number of para-hydroxylation sites is 1. The van der Waals surface area contributed by atoms with Gasteiger partial charge in [0.05, 0.1) is 16.7 Å². The van der Waals surface area contributed by atoms with Crippen molar-refractivity contribution in [1.29, 1.82) is 0 Å². The van der Waals surface area contributed by atoms with Crippen molar-refractivity contribution in [3.8, 4) is 11.5 Å². The second-order valence-corrected chi connectivity index (χ2v) is 8.84. The number of nitrogens with zero attached hydrogens (tertiary/aromatic N) is 4. The van der Waals surface area contributed by atoms with Crippen LogP contribution >= 0.6 is 12.4 Å². The fraction of sp³-hybridized carbons (Fsp3) is 0.360. The van der Waals surface area contributed by atoms with Crippen molar-refractivity contribution in [2.75, 3.05) is 13.1 Å². The molecule has 2 aromatic heterocycles. The van der Waals surface area contributed by atoms with Crippen LogP contribution in [0.3, 0.4) is 0 Å². The number of nitrogens with two attached hydrogens (primary N) is 1. The van der Waals surface area contributed by atoms with Gasteiger partial charge in [0, 0.05) is 49.2 Å². The maximum absolute atomic E-state index is 13.1. The number of aromatic nitrogens is 3. The smallest absolute Gasteiger partial charge is 0.253 e. The van der Waals surface area contributed by atoms with Crippen molar-refractivity contribution in [1.82, 2.24) is 19.0 Å². The van der Waals surface area contributed by atoms with E-state index in [4.69, 9.17) is 10.7 Å². The Labute approximate surface area is 194 Å². The molecule has 0 bridgehead atoms. The molecule has 0 unspecified atom stereocenters. The number of halogens is 1. The van der Waals surface area contributed by atoms with Crippen LogP contribution in [0.2, 0.25) is 0 Å². The highest BCUT2D eigenvalue weighted by Crippen LogP contribution is 2.30. The molecular formula is C25H30ClN5O. The molecule has 2 N–H and O–H groups in total. The van der Waals surface area contributed by atoms with E-state index in [1.807, 2.05) is 30.1 Å². The van der Waals surface area contributed by atoms with Crippen LogP contribution in [0.5, 0.6) is 0 Å². The van der Waals surface area contributed by atoms with Crippen LogP contribution in [0, 0.1) is 5.92 Å². The van der Waals surface area contributed by atoms with E-state index < -0.39 is 0 Å². The van der Waals surface area contributed by atoms with Crippen LogP contribution in [-0.2, 0) is 13.6 Å². The molecule has 0 radical (unpaired) electrons. The molecule has 0 aliphatic carbocycles. The zero-order valence-electron chi connectivity index (χ0n) is 18.8. The minimum absolute atomic E-state index is 0. The van der Waals surface area contributed by atoms with Gasteiger partial charge in [-0.2, -0.15) is 0 Å². The summed E-state index contributed by atoms with van der Waals surface area (Å²) in [6.45, 7) is 6.54. The summed E-state index contributed by atoms with van der Waals surface area (Å²) in [5, 5.41) is 1.21. The molecule has 3 heterocycles. The van der Waals surface area contributed by atoms with Gasteiger partial charge in [-0.05, 0) is 49.6 Å². The Morgan fingerprint density at radius 3 is 2.66 bits per heavy atom. The zero-order chi connectivity index (χ0) is 21.7. The van der Waals surface area contributed by atoms with E-state index in [0.29, 0.717) is 18.0 Å². The number of amides is 1. The molecule has 7 heteroatoms. The maximum Gasteiger partial charge on any atom is 0.253 e. The van der Waals surface area contributed by atoms with Gasteiger partial charge in [0.25, 0.3) is 5.91 Å². The van der Waals surface area contributed by atoms with Crippen LogP contribution in [-0.4, -0.2) is 44.1 Å². The molecule has 4 aromatic rings. The van der Waals surface area contributed by atoms with Crippen molar-refractivity contribution in [2.45, 2.75) is 32.9 Å². The first-order valence-electron chi connectivity index (χ1n) is 11.1. The Bertz CT molecular complexity index is 1280. The van der Waals surface area contributed by atoms with Crippen LogP contribution in [0.1, 0.15) is 30.6 Å². The highest BCUT2D eigenvalue weighted by molar-refractivity contribution is 5.98. The van der Waals surface area contributed by atoms with Gasteiger partial charge in [0.1, 0.15) is 0 Å². The van der Waals surface area contributed by atoms with Crippen LogP contribution < -0.4 is 5.73 Å². The number of benzene rings is 2. The molecule has 168 valence electrons. The van der Waals surface area contributed by atoms with Crippen molar-refractivity contribution >= 4 is 40.3 Å². The summed E-state index contributed by atoms with van der Waals surface area (Å²) < 4.78 is 4.40. The number of piperidine rings is 1. The molecule has 1 aliphatic rings. The Morgan fingerprint density at radius 1 is 1.12 bits per heavy atom. The lowest BCUT2D eigenvalue weighted by molar-refractivity contribution is 0.0661. The van der Waals surface area contributed by atoms with E-state index in [0.717, 1.165) is 42.1 Å². The number of carbonyl (C=O) groups is 1. The topological polar surface area (TPSA) is 69.1 Å². The quantitative estimate of drug-likeness (QED) is 0.500. The Hall–Kier alpha value is -2.83. The lowest BCUT2D eigenvalue weighted by Gasteiger charge is -2.34. The minimum atomic E-state index is 0. The predicted molar refractivity (Wildman–Crippen MR) is 132 cm³/mol. The van der Waals surface area contributed by atoms with Gasteiger partial charge >= 0.3 is 0 Å². The van der Waals surface area contributed by atoms with E-state index in [1.165, 1.54) is 10.9 Å². The first-order chi connectivity index (χ1) is 15.0. The molecule has 2 atom stereocenters. The minimum Gasteiger partial charge on any atom is -0.338 e. The summed E-state index contributed by atoms with van der Waals surface area (Å²) >= 11 is 0. The maximum atomic E-state index is 13.1. The number of fused-ring (bicyclic) bond motifs is 2. The van der Waals surface area contributed by atoms with Gasteiger partial charge in [-0.3, -0.25) is 4.79 Å². The third kappa shape index (κ3) is 3.67. The fourth-order valence-electron chi connectivity index (χ4n) is 5.05. The number of aryl methyl sites for hydroxylation is 2. The highest BCUT2D eigenvalue weighted by atomic mass is 35.5. The van der Waals surface area contributed by atoms with E-state index >= 15 is 0 Å². The average molecular weight is 452 g/mol. The number of rotatable bonds is 3. The Balaban J connectivity index is 0.00000245. The standard InChI is InChI=1S/C25H29N5O.ClH/c1-4-30-21-8-6-5-7-17(21)13-23(30)24-27-20-12-18(9-10-22(20)28(24)3)25(31)29-14-16(2)11-19(26)15-29;/h5-10,12-13,16,19H,4,11,14-15,26H2,1-3H3;1H/t16-,19+;/m1./s1. The Morgan fingerprint density at radius 2 is 1.91 bits per heavy atom. The van der Waals surface area contributed by atoms with Crippen molar-refractivity contribution in [2.24, 2.45) is 18.7 Å². The second kappa shape index (κ2) is 8.60. The molecule has 6 nitrogen and oxygen atoms in total.